The molecule has 84 valence electrons. The summed E-state index contributed by atoms with van der Waals surface area (Å²) in [5, 5.41) is 3.17. The van der Waals surface area contributed by atoms with E-state index in [4.69, 9.17) is 4.74 Å². The Kier molecular flexibility index (Phi) is 4.65. The molecule has 1 N–H and O–H groups in total. The van der Waals surface area contributed by atoms with Gasteiger partial charge in [-0.3, -0.25) is 0 Å². The Bertz CT molecular complexity index is 315. The third-order valence-electron chi connectivity index (χ3n) is 2.40. The molecule has 0 spiro atoms. The second kappa shape index (κ2) is 5.78. The summed E-state index contributed by atoms with van der Waals surface area (Å²) < 4.78 is 5.26. The highest BCUT2D eigenvalue weighted by Gasteiger charge is 2.08. The lowest BCUT2D eigenvalue weighted by Crippen LogP contribution is -2.15. The van der Waals surface area contributed by atoms with Crippen molar-refractivity contribution in [3.8, 4) is 0 Å². The molecule has 0 saturated carbocycles. The Labute approximate surface area is 91.1 Å². The first-order valence-electron chi connectivity index (χ1n) is 5.26. The van der Waals surface area contributed by atoms with Gasteiger partial charge >= 0.3 is 0 Å². The summed E-state index contributed by atoms with van der Waals surface area (Å²) in [6.07, 6.45) is 1.87. The maximum absolute atomic E-state index is 5.26. The monoisotopic (exact) mass is 209 g/mol. The summed E-state index contributed by atoms with van der Waals surface area (Å²) >= 11 is 0. The second-order valence-electron chi connectivity index (χ2n) is 3.47. The Morgan fingerprint density at radius 1 is 1.53 bits per heavy atom. The van der Waals surface area contributed by atoms with Crippen molar-refractivity contribution in [1.29, 1.82) is 0 Å². The van der Waals surface area contributed by atoms with Crippen LogP contribution in [0.25, 0.3) is 0 Å². The summed E-state index contributed by atoms with van der Waals surface area (Å²) in [5.74, 6) is 0.751. The van der Waals surface area contributed by atoms with Crippen molar-refractivity contribution in [3.63, 3.8) is 0 Å². The fourth-order valence-electron chi connectivity index (χ4n) is 1.37. The molecule has 1 rings (SSSR count). The number of aryl methyl sites for hydroxylation is 1. The molecule has 0 aromatic carbocycles. The van der Waals surface area contributed by atoms with Gasteiger partial charge in [-0.1, -0.05) is 0 Å². The molecule has 1 heterocycles. The Balaban J connectivity index is 2.78. The Morgan fingerprint density at radius 2 is 2.27 bits per heavy atom. The van der Waals surface area contributed by atoms with Crippen molar-refractivity contribution in [2.45, 2.75) is 33.4 Å². The highest BCUT2D eigenvalue weighted by molar-refractivity contribution is 5.19. The molecule has 4 heteroatoms. The molecular weight excluding hydrogens is 190 g/mol. The molecule has 0 amide bonds. The van der Waals surface area contributed by atoms with Crippen molar-refractivity contribution in [2.75, 3.05) is 13.7 Å². The molecule has 1 atom stereocenters. The maximum Gasteiger partial charge on any atom is 0.154 e. The van der Waals surface area contributed by atoms with Gasteiger partial charge in [0, 0.05) is 30.1 Å². The van der Waals surface area contributed by atoms with Crippen LogP contribution in [0, 0.1) is 6.92 Å². The Hall–Kier alpha value is -1.00. The molecule has 1 unspecified atom stereocenters. The predicted molar refractivity (Wildman–Crippen MR) is 59.6 cm³/mol. The number of nitrogens with one attached hydrogen (secondary N) is 1. The topological polar surface area (TPSA) is 47.0 Å². The van der Waals surface area contributed by atoms with Crippen LogP contribution in [0.4, 0.5) is 0 Å². The summed E-state index contributed by atoms with van der Waals surface area (Å²) in [4.78, 5) is 8.67. The fraction of sp³-hybridized carbons (Fsp3) is 0.636. The third-order valence-corrected chi connectivity index (χ3v) is 2.40. The van der Waals surface area contributed by atoms with E-state index in [1.165, 1.54) is 0 Å². The molecule has 4 nitrogen and oxygen atoms in total. The molecule has 0 saturated heterocycles. The van der Waals surface area contributed by atoms with E-state index in [-0.39, 0.29) is 6.04 Å². The molecular formula is C11H19N3O. The highest BCUT2D eigenvalue weighted by atomic mass is 16.5. The first-order valence-corrected chi connectivity index (χ1v) is 5.26. The minimum absolute atomic E-state index is 0.283. The van der Waals surface area contributed by atoms with E-state index in [9.17, 15) is 0 Å². The normalized spacial score (nSPS) is 12.8. The predicted octanol–water partition coefficient (Wildman–Crippen LogP) is 1.60. The van der Waals surface area contributed by atoms with Crippen LogP contribution >= 0.6 is 0 Å². The van der Waals surface area contributed by atoms with Gasteiger partial charge in [-0.15, -0.1) is 0 Å². The van der Waals surface area contributed by atoms with Gasteiger partial charge in [-0.25, -0.2) is 9.97 Å². The second-order valence-corrected chi connectivity index (χ2v) is 3.47. The van der Waals surface area contributed by atoms with Gasteiger partial charge in [0.05, 0.1) is 0 Å². The van der Waals surface area contributed by atoms with Gasteiger partial charge in [-0.05, 0) is 27.8 Å². The van der Waals surface area contributed by atoms with Gasteiger partial charge in [0.25, 0.3) is 0 Å². The molecule has 0 radical (unpaired) electrons. The van der Waals surface area contributed by atoms with Crippen molar-refractivity contribution >= 4 is 0 Å². The van der Waals surface area contributed by atoms with E-state index in [0.29, 0.717) is 13.2 Å². The first kappa shape index (κ1) is 12.1. The van der Waals surface area contributed by atoms with Gasteiger partial charge in [0.2, 0.25) is 0 Å². The summed E-state index contributed by atoms with van der Waals surface area (Å²) in [6.45, 7) is 7.24. The van der Waals surface area contributed by atoms with Crippen LogP contribution in [0.3, 0.4) is 0 Å². The number of rotatable bonds is 5. The molecule has 0 fully saturated rings. The average molecular weight is 209 g/mol. The van der Waals surface area contributed by atoms with E-state index < -0.39 is 0 Å². The van der Waals surface area contributed by atoms with Crippen LogP contribution in [0.2, 0.25) is 0 Å². The third kappa shape index (κ3) is 3.25. The summed E-state index contributed by atoms with van der Waals surface area (Å²) in [6, 6.07) is 0.283. The van der Waals surface area contributed by atoms with Crippen LogP contribution in [-0.4, -0.2) is 23.6 Å². The summed E-state index contributed by atoms with van der Waals surface area (Å²) in [7, 11) is 1.93. The van der Waals surface area contributed by atoms with Crippen LogP contribution in [0.5, 0.6) is 0 Å². The van der Waals surface area contributed by atoms with Crippen molar-refractivity contribution < 1.29 is 4.74 Å². The standard InChI is InChI=1S/C11H19N3O/c1-5-15-7-11-13-6-10(8(2)12-4)9(3)14-11/h6,8,12H,5,7H2,1-4H3. The van der Waals surface area contributed by atoms with Crippen LogP contribution in [-0.2, 0) is 11.3 Å². The lowest BCUT2D eigenvalue weighted by atomic mass is 10.1. The molecule has 1 aromatic rings. The Morgan fingerprint density at radius 3 is 2.80 bits per heavy atom. The van der Waals surface area contributed by atoms with Crippen LogP contribution in [0.1, 0.15) is 37.0 Å². The first-order chi connectivity index (χ1) is 7.19. The van der Waals surface area contributed by atoms with Crippen molar-refractivity contribution in [3.05, 3.63) is 23.3 Å². The van der Waals surface area contributed by atoms with E-state index >= 15 is 0 Å². The number of hydrogen-bond donors (Lipinski definition) is 1. The van der Waals surface area contributed by atoms with Crippen molar-refractivity contribution in [2.24, 2.45) is 0 Å². The van der Waals surface area contributed by atoms with Gasteiger partial charge in [-0.2, -0.15) is 0 Å². The smallest absolute Gasteiger partial charge is 0.154 e. The van der Waals surface area contributed by atoms with E-state index in [0.717, 1.165) is 17.1 Å². The van der Waals surface area contributed by atoms with Crippen LogP contribution in [0.15, 0.2) is 6.20 Å². The van der Waals surface area contributed by atoms with Gasteiger partial charge < -0.3 is 10.1 Å². The number of aromatic nitrogens is 2. The van der Waals surface area contributed by atoms with E-state index in [1.54, 1.807) is 0 Å². The number of ether oxygens (including phenoxy) is 1. The minimum atomic E-state index is 0.283. The maximum atomic E-state index is 5.26. The zero-order valence-electron chi connectivity index (χ0n) is 9.87. The zero-order chi connectivity index (χ0) is 11.3. The average Bonchev–Trinajstić information content (AvgIpc) is 2.25. The van der Waals surface area contributed by atoms with E-state index in [1.807, 2.05) is 27.1 Å². The van der Waals surface area contributed by atoms with Crippen LogP contribution < -0.4 is 5.32 Å². The van der Waals surface area contributed by atoms with E-state index in [2.05, 4.69) is 22.2 Å². The molecule has 15 heavy (non-hydrogen) atoms. The summed E-state index contributed by atoms with van der Waals surface area (Å²) in [5.41, 5.74) is 2.15. The lowest BCUT2D eigenvalue weighted by Gasteiger charge is -2.13. The molecule has 0 aliphatic heterocycles. The quantitative estimate of drug-likeness (QED) is 0.800. The molecule has 0 aliphatic carbocycles. The van der Waals surface area contributed by atoms with Crippen molar-refractivity contribution in [1.82, 2.24) is 15.3 Å². The molecule has 0 bridgehead atoms. The number of hydrogen-bond acceptors (Lipinski definition) is 4. The molecule has 1 aromatic heterocycles. The lowest BCUT2D eigenvalue weighted by molar-refractivity contribution is 0.128. The highest BCUT2D eigenvalue weighted by Crippen LogP contribution is 2.13. The minimum Gasteiger partial charge on any atom is -0.374 e. The van der Waals surface area contributed by atoms with Gasteiger partial charge in [0.1, 0.15) is 6.61 Å². The molecule has 0 aliphatic rings. The van der Waals surface area contributed by atoms with Gasteiger partial charge in [0.15, 0.2) is 5.82 Å². The fourth-order valence-corrected chi connectivity index (χ4v) is 1.37. The number of nitrogens with zero attached hydrogens (tertiary/aromatic N) is 2. The zero-order valence-corrected chi connectivity index (χ0v) is 9.87. The SMILES string of the molecule is CCOCc1ncc(C(C)NC)c(C)n1. The largest absolute Gasteiger partial charge is 0.374 e.